The van der Waals surface area contributed by atoms with Crippen LogP contribution >= 0.6 is 0 Å². The van der Waals surface area contributed by atoms with Crippen LogP contribution in [0.2, 0.25) is 0 Å². The third kappa shape index (κ3) is 2.42. The summed E-state index contributed by atoms with van der Waals surface area (Å²) in [4.78, 5) is 4.13. The molecule has 108 valence electrons. The van der Waals surface area contributed by atoms with Gasteiger partial charge in [0.1, 0.15) is 11.8 Å². The summed E-state index contributed by atoms with van der Waals surface area (Å²) < 4.78 is 1.91. The van der Waals surface area contributed by atoms with E-state index >= 15 is 0 Å². The van der Waals surface area contributed by atoms with E-state index in [9.17, 15) is 0 Å². The molecule has 2 aromatic heterocycles. The van der Waals surface area contributed by atoms with Crippen molar-refractivity contribution < 1.29 is 0 Å². The van der Waals surface area contributed by atoms with Crippen molar-refractivity contribution in [2.45, 2.75) is 26.2 Å². The summed E-state index contributed by atoms with van der Waals surface area (Å²) in [6, 6.07) is 9.94. The van der Waals surface area contributed by atoms with Crippen molar-refractivity contribution in [2.75, 3.05) is 11.5 Å². The molecule has 0 aliphatic heterocycles. The van der Waals surface area contributed by atoms with Gasteiger partial charge in [-0.2, -0.15) is 5.10 Å². The van der Waals surface area contributed by atoms with Crippen molar-refractivity contribution in [1.82, 2.24) is 14.6 Å². The van der Waals surface area contributed by atoms with E-state index in [2.05, 4.69) is 23.1 Å². The molecule has 2 heterocycles. The largest absolute Gasteiger partial charge is 0.399 e. The smallest absolute Gasteiger partial charge is 0.151 e. The van der Waals surface area contributed by atoms with Crippen LogP contribution in [-0.4, -0.2) is 14.6 Å². The highest BCUT2D eigenvalue weighted by Crippen LogP contribution is 2.31. The zero-order chi connectivity index (χ0) is 14.8. The lowest BCUT2D eigenvalue weighted by atomic mass is 10.1. The number of unbranched alkanes of at least 4 members (excludes halogenated alkanes) is 1. The van der Waals surface area contributed by atoms with Gasteiger partial charge in [-0.15, -0.1) is 0 Å². The van der Waals surface area contributed by atoms with Crippen LogP contribution < -0.4 is 11.5 Å². The molecule has 0 radical (unpaired) electrons. The van der Waals surface area contributed by atoms with Crippen molar-refractivity contribution >= 4 is 17.0 Å². The van der Waals surface area contributed by atoms with E-state index in [1.807, 2.05) is 28.8 Å². The average molecular weight is 281 g/mol. The van der Waals surface area contributed by atoms with Gasteiger partial charge in [-0.1, -0.05) is 25.5 Å². The fraction of sp³-hybridized carbons (Fsp3) is 0.250. The molecule has 3 aromatic rings. The average Bonchev–Trinajstić information content (AvgIpc) is 2.86. The van der Waals surface area contributed by atoms with E-state index in [0.29, 0.717) is 5.82 Å². The maximum Gasteiger partial charge on any atom is 0.151 e. The maximum absolute atomic E-state index is 6.07. The lowest BCUT2D eigenvalue weighted by Crippen LogP contribution is -2.02. The molecule has 0 aliphatic rings. The Morgan fingerprint density at radius 1 is 1.14 bits per heavy atom. The molecule has 0 atom stereocenters. The number of hydrogen-bond acceptors (Lipinski definition) is 4. The molecule has 5 nitrogen and oxygen atoms in total. The highest BCUT2D eigenvalue weighted by molar-refractivity contribution is 5.88. The number of benzene rings is 1. The van der Waals surface area contributed by atoms with Gasteiger partial charge in [0.25, 0.3) is 0 Å². The first-order chi connectivity index (χ1) is 10.2. The van der Waals surface area contributed by atoms with Crippen molar-refractivity contribution in [2.24, 2.45) is 0 Å². The molecule has 0 aliphatic carbocycles. The van der Waals surface area contributed by atoms with Gasteiger partial charge in [0, 0.05) is 16.9 Å². The Hall–Kier alpha value is -2.56. The molecule has 0 amide bonds. The number of nitrogens with zero attached hydrogens (tertiary/aromatic N) is 3. The van der Waals surface area contributed by atoms with Gasteiger partial charge in [0.05, 0.1) is 0 Å². The minimum Gasteiger partial charge on any atom is -0.399 e. The summed E-state index contributed by atoms with van der Waals surface area (Å²) in [5.74, 6) is 0.500. The standard InChI is InChI=1S/C16H19N5/c1-2-3-4-13-9-14(11-5-7-12(17)8-6-11)15-16(18)19-10-20-21(13)15/h5-10H,2-4,17H2,1H3,(H2,18,19,20). The Bertz CT molecular complexity index is 758. The fourth-order valence-corrected chi connectivity index (χ4v) is 2.55. The summed E-state index contributed by atoms with van der Waals surface area (Å²) in [5.41, 5.74) is 16.7. The Labute approximate surface area is 123 Å². The third-order valence-electron chi connectivity index (χ3n) is 3.66. The first kappa shape index (κ1) is 13.4. The van der Waals surface area contributed by atoms with E-state index in [4.69, 9.17) is 11.5 Å². The van der Waals surface area contributed by atoms with E-state index in [-0.39, 0.29) is 0 Å². The SMILES string of the molecule is CCCCc1cc(-c2ccc(N)cc2)c2c(N)ncnn12. The number of anilines is 2. The second-order valence-electron chi connectivity index (χ2n) is 5.18. The number of fused-ring (bicyclic) bond motifs is 1. The lowest BCUT2D eigenvalue weighted by molar-refractivity contribution is 0.741. The minimum absolute atomic E-state index is 0.500. The number of hydrogen-bond donors (Lipinski definition) is 2. The third-order valence-corrected chi connectivity index (χ3v) is 3.66. The molecule has 1 aromatic carbocycles. The number of nitrogens with two attached hydrogens (primary N) is 2. The Morgan fingerprint density at radius 2 is 1.90 bits per heavy atom. The maximum atomic E-state index is 6.07. The molecule has 0 unspecified atom stereocenters. The summed E-state index contributed by atoms with van der Waals surface area (Å²) in [6.45, 7) is 2.18. The second-order valence-corrected chi connectivity index (χ2v) is 5.18. The molecule has 5 heteroatoms. The topological polar surface area (TPSA) is 82.2 Å². The van der Waals surface area contributed by atoms with Gasteiger partial charge in [0.15, 0.2) is 5.82 Å². The predicted molar refractivity (Wildman–Crippen MR) is 85.9 cm³/mol. The Kier molecular flexibility index (Phi) is 3.48. The highest BCUT2D eigenvalue weighted by atomic mass is 15.3. The lowest BCUT2D eigenvalue weighted by Gasteiger charge is -2.03. The van der Waals surface area contributed by atoms with Gasteiger partial charge < -0.3 is 11.5 Å². The van der Waals surface area contributed by atoms with Crippen LogP contribution in [0.15, 0.2) is 36.7 Å². The van der Waals surface area contributed by atoms with Crippen molar-refractivity contribution in [3.63, 3.8) is 0 Å². The van der Waals surface area contributed by atoms with E-state index < -0.39 is 0 Å². The monoisotopic (exact) mass is 281 g/mol. The van der Waals surface area contributed by atoms with Gasteiger partial charge in [-0.3, -0.25) is 0 Å². The normalized spacial score (nSPS) is 11.1. The van der Waals surface area contributed by atoms with E-state index in [1.54, 1.807) is 0 Å². The summed E-state index contributed by atoms with van der Waals surface area (Å²) >= 11 is 0. The molecular weight excluding hydrogens is 262 g/mol. The quantitative estimate of drug-likeness (QED) is 0.720. The molecule has 0 bridgehead atoms. The van der Waals surface area contributed by atoms with Gasteiger partial charge in [-0.25, -0.2) is 9.50 Å². The molecule has 0 saturated heterocycles. The molecule has 0 fully saturated rings. The molecule has 3 rings (SSSR count). The van der Waals surface area contributed by atoms with Crippen molar-refractivity contribution in [3.8, 4) is 11.1 Å². The number of rotatable bonds is 4. The second kappa shape index (κ2) is 5.44. The number of aryl methyl sites for hydroxylation is 1. The number of nitrogen functional groups attached to an aromatic ring is 2. The van der Waals surface area contributed by atoms with Crippen molar-refractivity contribution in [1.29, 1.82) is 0 Å². The first-order valence-electron chi connectivity index (χ1n) is 7.17. The van der Waals surface area contributed by atoms with Crippen LogP contribution in [0.25, 0.3) is 16.6 Å². The number of aromatic nitrogens is 3. The van der Waals surface area contributed by atoms with Gasteiger partial charge >= 0.3 is 0 Å². The Balaban J connectivity index is 2.19. The molecule has 0 saturated carbocycles. The van der Waals surface area contributed by atoms with Crippen LogP contribution in [0, 0.1) is 0 Å². The minimum atomic E-state index is 0.500. The van der Waals surface area contributed by atoms with Crippen LogP contribution in [0.1, 0.15) is 25.5 Å². The fourth-order valence-electron chi connectivity index (χ4n) is 2.55. The zero-order valence-electron chi connectivity index (χ0n) is 12.1. The van der Waals surface area contributed by atoms with Crippen LogP contribution in [0.4, 0.5) is 11.5 Å². The van der Waals surface area contributed by atoms with Crippen LogP contribution in [-0.2, 0) is 6.42 Å². The van der Waals surface area contributed by atoms with E-state index in [0.717, 1.165) is 47.3 Å². The highest BCUT2D eigenvalue weighted by Gasteiger charge is 2.14. The zero-order valence-corrected chi connectivity index (χ0v) is 12.1. The van der Waals surface area contributed by atoms with Crippen LogP contribution in [0.5, 0.6) is 0 Å². The molecule has 21 heavy (non-hydrogen) atoms. The van der Waals surface area contributed by atoms with Crippen LogP contribution in [0.3, 0.4) is 0 Å². The predicted octanol–water partition coefficient (Wildman–Crippen LogP) is 2.90. The molecular formula is C16H19N5. The first-order valence-corrected chi connectivity index (χ1v) is 7.17. The van der Waals surface area contributed by atoms with E-state index in [1.165, 1.54) is 6.33 Å². The molecule has 4 N–H and O–H groups in total. The Morgan fingerprint density at radius 3 is 2.62 bits per heavy atom. The summed E-state index contributed by atoms with van der Waals surface area (Å²) in [7, 11) is 0. The van der Waals surface area contributed by atoms with Gasteiger partial charge in [0.2, 0.25) is 0 Å². The molecule has 0 spiro atoms. The summed E-state index contributed by atoms with van der Waals surface area (Å²) in [5, 5.41) is 4.36. The van der Waals surface area contributed by atoms with Gasteiger partial charge in [-0.05, 0) is 36.6 Å². The summed E-state index contributed by atoms with van der Waals surface area (Å²) in [6.07, 6.45) is 4.75. The van der Waals surface area contributed by atoms with Crippen molar-refractivity contribution in [3.05, 3.63) is 42.4 Å².